The van der Waals surface area contributed by atoms with Crippen molar-refractivity contribution in [3.8, 4) is 5.75 Å². The van der Waals surface area contributed by atoms with Crippen LogP contribution in [0.4, 0.5) is 5.69 Å². The fraction of sp³-hybridized carbons (Fsp3) is 0.143. The van der Waals surface area contributed by atoms with E-state index >= 15 is 0 Å². The van der Waals surface area contributed by atoms with Gasteiger partial charge in [0.15, 0.2) is 0 Å². The van der Waals surface area contributed by atoms with Crippen LogP contribution in [0, 0.1) is 10.1 Å². The third-order valence-corrected chi connectivity index (χ3v) is 3.12. The second-order valence-corrected chi connectivity index (χ2v) is 4.26. The quantitative estimate of drug-likeness (QED) is 0.524. The van der Waals surface area contributed by atoms with Crippen LogP contribution in [0.5, 0.6) is 5.75 Å². The van der Waals surface area contributed by atoms with E-state index in [1.165, 1.54) is 18.2 Å². The fourth-order valence-electron chi connectivity index (χ4n) is 2.15. The van der Waals surface area contributed by atoms with Gasteiger partial charge in [0.1, 0.15) is 0 Å². The molecular formula is C14H11NO7. The summed E-state index contributed by atoms with van der Waals surface area (Å²) >= 11 is 0. The first-order valence-corrected chi connectivity index (χ1v) is 6.02. The Bertz CT molecular complexity index is 797. The maximum absolute atomic E-state index is 11.9. The van der Waals surface area contributed by atoms with Crippen LogP contribution < -0.4 is 0 Å². The van der Waals surface area contributed by atoms with Gasteiger partial charge in [0.25, 0.3) is 0 Å². The zero-order chi connectivity index (χ0) is 16.4. The number of nitrogens with zero attached hydrogens (tertiary/aromatic N) is 1. The Morgan fingerprint density at radius 3 is 2.27 bits per heavy atom. The molecule has 0 aliphatic carbocycles. The van der Waals surface area contributed by atoms with Crippen molar-refractivity contribution >= 4 is 28.4 Å². The monoisotopic (exact) mass is 305 g/mol. The summed E-state index contributed by atoms with van der Waals surface area (Å²) in [6.45, 7) is 0. The average Bonchev–Trinajstić information content (AvgIpc) is 2.53. The summed E-state index contributed by atoms with van der Waals surface area (Å²) in [5, 5.41) is 21.1. The Balaban J connectivity index is 2.99. The molecule has 0 fully saturated rings. The molecule has 0 spiro atoms. The average molecular weight is 305 g/mol. The van der Waals surface area contributed by atoms with Gasteiger partial charge in [-0.3, -0.25) is 10.1 Å². The Labute approximate surface area is 124 Å². The van der Waals surface area contributed by atoms with Crippen molar-refractivity contribution in [1.82, 2.24) is 0 Å². The van der Waals surface area contributed by atoms with Gasteiger partial charge in [-0.15, -0.1) is 0 Å². The number of ether oxygens (including phenoxy) is 2. The molecular weight excluding hydrogens is 294 g/mol. The molecule has 22 heavy (non-hydrogen) atoms. The van der Waals surface area contributed by atoms with Gasteiger partial charge in [-0.05, 0) is 6.07 Å². The molecule has 8 heteroatoms. The Kier molecular flexibility index (Phi) is 3.93. The smallest absolute Gasteiger partial charge is 0.338 e. The molecule has 2 aromatic rings. The predicted octanol–water partition coefficient (Wildman–Crippen LogP) is 2.03. The number of rotatable bonds is 3. The Morgan fingerprint density at radius 2 is 1.73 bits per heavy atom. The zero-order valence-corrected chi connectivity index (χ0v) is 11.7. The summed E-state index contributed by atoms with van der Waals surface area (Å²) in [6, 6.07) is 5.03. The lowest BCUT2D eigenvalue weighted by Crippen LogP contribution is -2.09. The van der Waals surface area contributed by atoms with Crippen LogP contribution in [-0.4, -0.2) is 36.2 Å². The molecule has 8 nitrogen and oxygen atoms in total. The number of esters is 2. The van der Waals surface area contributed by atoms with Crippen molar-refractivity contribution in [2.75, 3.05) is 14.2 Å². The summed E-state index contributed by atoms with van der Waals surface area (Å²) in [4.78, 5) is 33.9. The van der Waals surface area contributed by atoms with Crippen LogP contribution in [0.2, 0.25) is 0 Å². The van der Waals surface area contributed by atoms with Crippen LogP contribution >= 0.6 is 0 Å². The van der Waals surface area contributed by atoms with Crippen molar-refractivity contribution in [3.63, 3.8) is 0 Å². The lowest BCUT2D eigenvalue weighted by Gasteiger charge is -2.11. The van der Waals surface area contributed by atoms with E-state index < -0.39 is 28.3 Å². The lowest BCUT2D eigenvalue weighted by molar-refractivity contribution is -0.385. The highest BCUT2D eigenvalue weighted by atomic mass is 16.6. The molecule has 0 radical (unpaired) electrons. The molecule has 0 heterocycles. The third-order valence-electron chi connectivity index (χ3n) is 3.12. The topological polar surface area (TPSA) is 116 Å². The first-order chi connectivity index (χ1) is 10.4. The number of nitro benzene ring substituents is 1. The van der Waals surface area contributed by atoms with E-state index in [0.717, 1.165) is 20.3 Å². The second kappa shape index (κ2) is 5.68. The minimum Gasteiger partial charge on any atom is -0.502 e. The molecule has 0 aliphatic heterocycles. The molecule has 114 valence electrons. The number of nitro groups is 1. The SMILES string of the molecule is COC(=O)c1cccc2c(O)c([N+](=O)[O-])cc(C(=O)OC)c12. The van der Waals surface area contributed by atoms with Gasteiger partial charge in [-0.25, -0.2) is 9.59 Å². The summed E-state index contributed by atoms with van der Waals surface area (Å²) < 4.78 is 9.22. The largest absolute Gasteiger partial charge is 0.502 e. The van der Waals surface area contributed by atoms with Crippen LogP contribution in [0.25, 0.3) is 10.8 Å². The number of benzene rings is 2. The number of phenols is 1. The van der Waals surface area contributed by atoms with Crippen LogP contribution in [0.1, 0.15) is 20.7 Å². The van der Waals surface area contributed by atoms with Crippen molar-refractivity contribution in [2.45, 2.75) is 0 Å². The number of phenolic OH excluding ortho intramolecular Hbond substituents is 1. The normalized spacial score (nSPS) is 10.3. The van der Waals surface area contributed by atoms with E-state index in [9.17, 15) is 24.8 Å². The Hall–Kier alpha value is -3.16. The molecule has 0 unspecified atom stereocenters. The first-order valence-electron chi connectivity index (χ1n) is 6.02. The molecule has 0 aromatic heterocycles. The van der Waals surface area contributed by atoms with Gasteiger partial charge in [-0.2, -0.15) is 0 Å². The summed E-state index contributed by atoms with van der Waals surface area (Å²) in [5.41, 5.74) is -0.872. The van der Waals surface area contributed by atoms with Gasteiger partial charge in [0, 0.05) is 16.8 Å². The van der Waals surface area contributed by atoms with E-state index in [2.05, 4.69) is 9.47 Å². The minimum absolute atomic E-state index is 0.00871. The maximum atomic E-state index is 11.9. The second-order valence-electron chi connectivity index (χ2n) is 4.26. The highest BCUT2D eigenvalue weighted by Gasteiger charge is 2.26. The summed E-state index contributed by atoms with van der Waals surface area (Å²) in [5.74, 6) is -2.26. The number of aromatic hydroxyl groups is 1. The summed E-state index contributed by atoms with van der Waals surface area (Å²) in [7, 11) is 2.26. The van der Waals surface area contributed by atoms with Gasteiger partial charge >= 0.3 is 17.6 Å². The minimum atomic E-state index is -0.871. The van der Waals surface area contributed by atoms with Gasteiger partial charge < -0.3 is 14.6 Å². The van der Waals surface area contributed by atoms with Gasteiger partial charge in [0.2, 0.25) is 5.75 Å². The van der Waals surface area contributed by atoms with E-state index in [1.807, 2.05) is 0 Å². The molecule has 1 N–H and O–H groups in total. The lowest BCUT2D eigenvalue weighted by atomic mass is 9.97. The maximum Gasteiger partial charge on any atom is 0.338 e. The number of hydrogen-bond donors (Lipinski definition) is 1. The van der Waals surface area contributed by atoms with Crippen molar-refractivity contribution < 1.29 is 29.1 Å². The van der Waals surface area contributed by atoms with Crippen molar-refractivity contribution in [3.05, 3.63) is 45.5 Å². The van der Waals surface area contributed by atoms with Crippen LogP contribution in [0.15, 0.2) is 24.3 Å². The van der Waals surface area contributed by atoms with E-state index in [4.69, 9.17) is 0 Å². The first kappa shape index (κ1) is 15.2. The molecule has 0 amide bonds. The third kappa shape index (κ3) is 2.30. The molecule has 0 atom stereocenters. The highest BCUT2D eigenvalue weighted by molar-refractivity contribution is 6.15. The number of carbonyl (C=O) groups is 2. The molecule has 0 saturated carbocycles. The molecule has 0 saturated heterocycles. The van der Waals surface area contributed by atoms with E-state index in [0.29, 0.717) is 0 Å². The van der Waals surface area contributed by atoms with Gasteiger partial charge in [-0.1, -0.05) is 12.1 Å². The highest BCUT2D eigenvalue weighted by Crippen LogP contribution is 2.38. The van der Waals surface area contributed by atoms with Crippen LogP contribution in [0.3, 0.4) is 0 Å². The number of carbonyl (C=O) groups excluding carboxylic acids is 2. The standard InChI is InChI=1S/C14H11NO7/c1-21-13(17)8-5-3-4-7-11(8)9(14(18)22-2)6-10(12(7)16)15(19)20/h3-6,16H,1-2H3. The molecule has 2 rings (SSSR count). The molecule has 2 aromatic carbocycles. The van der Waals surface area contributed by atoms with Gasteiger partial charge in [0.05, 0.1) is 30.3 Å². The zero-order valence-electron chi connectivity index (χ0n) is 11.7. The molecule has 0 aliphatic rings. The Morgan fingerprint density at radius 1 is 1.14 bits per heavy atom. The fourth-order valence-corrected chi connectivity index (χ4v) is 2.15. The number of fused-ring (bicyclic) bond motifs is 1. The number of hydrogen-bond acceptors (Lipinski definition) is 7. The van der Waals surface area contributed by atoms with Crippen molar-refractivity contribution in [1.29, 1.82) is 0 Å². The van der Waals surface area contributed by atoms with E-state index in [-0.39, 0.29) is 21.9 Å². The predicted molar refractivity (Wildman–Crippen MR) is 74.9 cm³/mol. The summed E-state index contributed by atoms with van der Waals surface area (Å²) in [6.07, 6.45) is 0. The van der Waals surface area contributed by atoms with Crippen molar-refractivity contribution in [2.24, 2.45) is 0 Å². The number of methoxy groups -OCH3 is 2. The van der Waals surface area contributed by atoms with Crippen LogP contribution in [-0.2, 0) is 9.47 Å². The molecule has 0 bridgehead atoms. The van der Waals surface area contributed by atoms with E-state index in [1.54, 1.807) is 0 Å².